The zero-order chi connectivity index (χ0) is 22.4. The van der Waals surface area contributed by atoms with Crippen LogP contribution in [-0.2, 0) is 26.0 Å². The molecule has 168 valence electrons. The first-order chi connectivity index (χ1) is 14.9. The standard InChI is InChI=1S/C21H26N2O7S/c1-27-17-12-16(13-18(14-17)28-2)22-21(24)11-15-4-5-19(29-3)20(10-15)31(25,26)23-6-8-30-9-7-23/h4-5,10,12-14H,6-9,11H2,1-3H3,(H,22,24). The first-order valence-electron chi connectivity index (χ1n) is 9.65. The van der Waals surface area contributed by atoms with Crippen molar-refractivity contribution >= 4 is 21.6 Å². The van der Waals surface area contributed by atoms with Crippen LogP contribution in [0.25, 0.3) is 0 Å². The van der Waals surface area contributed by atoms with Crippen molar-refractivity contribution in [2.75, 3.05) is 52.9 Å². The molecule has 0 aromatic heterocycles. The molecule has 1 heterocycles. The van der Waals surface area contributed by atoms with E-state index in [1.54, 1.807) is 30.3 Å². The highest BCUT2D eigenvalue weighted by Crippen LogP contribution is 2.29. The third-order valence-corrected chi connectivity index (χ3v) is 6.74. The molecule has 0 saturated carbocycles. The second-order valence-corrected chi connectivity index (χ2v) is 8.73. The predicted molar refractivity (Wildman–Crippen MR) is 114 cm³/mol. The zero-order valence-electron chi connectivity index (χ0n) is 17.7. The molecule has 0 unspecified atom stereocenters. The number of hydrogen-bond acceptors (Lipinski definition) is 7. The lowest BCUT2D eigenvalue weighted by molar-refractivity contribution is -0.115. The molecule has 31 heavy (non-hydrogen) atoms. The Morgan fingerprint density at radius 3 is 2.23 bits per heavy atom. The van der Waals surface area contributed by atoms with E-state index in [9.17, 15) is 13.2 Å². The van der Waals surface area contributed by atoms with Crippen molar-refractivity contribution in [1.29, 1.82) is 0 Å². The van der Waals surface area contributed by atoms with Gasteiger partial charge in [0.05, 0.1) is 41.0 Å². The lowest BCUT2D eigenvalue weighted by atomic mass is 10.1. The summed E-state index contributed by atoms with van der Waals surface area (Å²) in [5.74, 6) is 0.999. The number of anilines is 1. The minimum absolute atomic E-state index is 0.0187. The Balaban J connectivity index is 1.81. The average molecular weight is 451 g/mol. The second-order valence-electron chi connectivity index (χ2n) is 6.83. The topological polar surface area (TPSA) is 103 Å². The minimum Gasteiger partial charge on any atom is -0.497 e. The highest BCUT2D eigenvalue weighted by Gasteiger charge is 2.29. The van der Waals surface area contributed by atoms with Gasteiger partial charge < -0.3 is 24.3 Å². The molecule has 1 saturated heterocycles. The number of rotatable bonds is 8. The third-order valence-electron chi connectivity index (χ3n) is 4.82. The van der Waals surface area contributed by atoms with Gasteiger partial charge in [0.1, 0.15) is 22.1 Å². The SMILES string of the molecule is COc1cc(NC(=O)Cc2ccc(OC)c(S(=O)(=O)N3CCOCC3)c2)cc(OC)c1. The molecule has 0 atom stereocenters. The van der Waals surface area contributed by atoms with E-state index in [0.29, 0.717) is 36.0 Å². The molecule has 9 nitrogen and oxygen atoms in total. The van der Waals surface area contributed by atoms with Crippen LogP contribution in [0.3, 0.4) is 0 Å². The molecule has 1 aliphatic heterocycles. The summed E-state index contributed by atoms with van der Waals surface area (Å²) in [5.41, 5.74) is 1.05. The van der Waals surface area contributed by atoms with Gasteiger partial charge in [-0.05, 0) is 17.7 Å². The summed E-state index contributed by atoms with van der Waals surface area (Å²) in [4.78, 5) is 12.6. The molecule has 1 N–H and O–H groups in total. The van der Waals surface area contributed by atoms with Crippen molar-refractivity contribution in [1.82, 2.24) is 4.31 Å². The van der Waals surface area contributed by atoms with E-state index in [-0.39, 0.29) is 36.1 Å². The Morgan fingerprint density at radius 1 is 1.00 bits per heavy atom. The van der Waals surface area contributed by atoms with Gasteiger partial charge in [-0.25, -0.2) is 8.42 Å². The van der Waals surface area contributed by atoms with Crippen LogP contribution >= 0.6 is 0 Å². The van der Waals surface area contributed by atoms with Crippen molar-refractivity contribution in [3.05, 3.63) is 42.0 Å². The molecule has 0 aliphatic carbocycles. The van der Waals surface area contributed by atoms with E-state index < -0.39 is 10.0 Å². The minimum atomic E-state index is -3.78. The predicted octanol–water partition coefficient (Wildman–Crippen LogP) is 1.91. The van der Waals surface area contributed by atoms with E-state index in [1.165, 1.54) is 31.7 Å². The number of morpholine rings is 1. The number of carbonyl (C=O) groups excluding carboxylic acids is 1. The molecule has 2 aromatic rings. The van der Waals surface area contributed by atoms with Crippen LogP contribution in [0.2, 0.25) is 0 Å². The third kappa shape index (κ3) is 5.46. The molecule has 3 rings (SSSR count). The number of carbonyl (C=O) groups is 1. The maximum absolute atomic E-state index is 13.1. The Bertz CT molecular complexity index is 1010. The number of benzene rings is 2. The van der Waals surface area contributed by atoms with Crippen LogP contribution in [0.4, 0.5) is 5.69 Å². The van der Waals surface area contributed by atoms with Crippen LogP contribution in [0, 0.1) is 0 Å². The first kappa shape index (κ1) is 22.9. The lowest BCUT2D eigenvalue weighted by Gasteiger charge is -2.26. The number of ether oxygens (including phenoxy) is 4. The van der Waals surface area contributed by atoms with Crippen LogP contribution in [-0.4, -0.2) is 66.3 Å². The van der Waals surface area contributed by atoms with Crippen LogP contribution in [0.5, 0.6) is 17.2 Å². The van der Waals surface area contributed by atoms with Crippen molar-refractivity contribution in [3.63, 3.8) is 0 Å². The van der Waals surface area contributed by atoms with Gasteiger partial charge in [0.2, 0.25) is 15.9 Å². The van der Waals surface area contributed by atoms with E-state index >= 15 is 0 Å². The van der Waals surface area contributed by atoms with E-state index in [4.69, 9.17) is 18.9 Å². The average Bonchev–Trinajstić information content (AvgIpc) is 2.79. The highest BCUT2D eigenvalue weighted by molar-refractivity contribution is 7.89. The Hall–Kier alpha value is -2.82. The lowest BCUT2D eigenvalue weighted by Crippen LogP contribution is -2.40. The van der Waals surface area contributed by atoms with E-state index in [2.05, 4.69) is 5.32 Å². The fourth-order valence-corrected chi connectivity index (χ4v) is 4.84. The summed E-state index contributed by atoms with van der Waals surface area (Å²) in [6.07, 6.45) is -0.0187. The van der Waals surface area contributed by atoms with E-state index in [0.717, 1.165) is 0 Å². The first-order valence-corrected chi connectivity index (χ1v) is 11.1. The molecule has 0 bridgehead atoms. The van der Waals surface area contributed by atoms with Gasteiger partial charge >= 0.3 is 0 Å². The van der Waals surface area contributed by atoms with Crippen molar-refractivity contribution in [2.45, 2.75) is 11.3 Å². The fourth-order valence-electron chi connectivity index (χ4n) is 3.23. The molecule has 1 fully saturated rings. The number of hydrogen-bond donors (Lipinski definition) is 1. The van der Waals surface area contributed by atoms with E-state index in [1.807, 2.05) is 0 Å². The number of nitrogens with one attached hydrogen (secondary N) is 1. The van der Waals surface area contributed by atoms with Crippen molar-refractivity contribution in [2.24, 2.45) is 0 Å². The van der Waals surface area contributed by atoms with Gasteiger partial charge in [-0.2, -0.15) is 4.31 Å². The van der Waals surface area contributed by atoms with Gasteiger partial charge in [0.15, 0.2) is 0 Å². The molecular weight excluding hydrogens is 424 g/mol. The molecular formula is C21H26N2O7S. The normalized spacial score (nSPS) is 14.7. The van der Waals surface area contributed by atoms with Gasteiger partial charge in [0.25, 0.3) is 0 Å². The maximum Gasteiger partial charge on any atom is 0.246 e. The molecule has 2 aromatic carbocycles. The summed E-state index contributed by atoms with van der Waals surface area (Å²) in [7, 11) is 0.680. The molecule has 0 radical (unpaired) electrons. The largest absolute Gasteiger partial charge is 0.497 e. The quantitative estimate of drug-likeness (QED) is 0.655. The summed E-state index contributed by atoms with van der Waals surface area (Å²) >= 11 is 0. The summed E-state index contributed by atoms with van der Waals surface area (Å²) in [6, 6.07) is 9.75. The van der Waals surface area contributed by atoms with Gasteiger partial charge in [-0.15, -0.1) is 0 Å². The van der Waals surface area contributed by atoms with Crippen LogP contribution in [0.15, 0.2) is 41.3 Å². The number of sulfonamides is 1. The molecule has 0 spiro atoms. The van der Waals surface area contributed by atoms with Gasteiger partial charge in [-0.1, -0.05) is 6.07 Å². The smallest absolute Gasteiger partial charge is 0.246 e. The second kappa shape index (κ2) is 9.99. The van der Waals surface area contributed by atoms with Crippen LogP contribution < -0.4 is 19.5 Å². The van der Waals surface area contributed by atoms with Crippen LogP contribution in [0.1, 0.15) is 5.56 Å². The Morgan fingerprint density at radius 2 is 1.65 bits per heavy atom. The molecule has 10 heteroatoms. The number of methoxy groups -OCH3 is 3. The molecule has 1 amide bonds. The highest BCUT2D eigenvalue weighted by atomic mass is 32.2. The Kier molecular flexibility index (Phi) is 7.37. The van der Waals surface area contributed by atoms with Gasteiger partial charge in [-0.3, -0.25) is 4.79 Å². The number of amides is 1. The Labute approximate surface area is 181 Å². The van der Waals surface area contributed by atoms with Crippen molar-refractivity contribution in [3.8, 4) is 17.2 Å². The number of nitrogens with zero attached hydrogens (tertiary/aromatic N) is 1. The fraction of sp³-hybridized carbons (Fsp3) is 0.381. The maximum atomic E-state index is 13.1. The summed E-state index contributed by atoms with van der Waals surface area (Å²) in [5, 5.41) is 2.78. The zero-order valence-corrected chi connectivity index (χ0v) is 18.5. The van der Waals surface area contributed by atoms with Gasteiger partial charge in [0, 0.05) is 37.0 Å². The van der Waals surface area contributed by atoms with Crippen molar-refractivity contribution < 1.29 is 32.2 Å². The summed E-state index contributed by atoms with van der Waals surface area (Å²) in [6.45, 7) is 1.23. The monoisotopic (exact) mass is 450 g/mol. The summed E-state index contributed by atoms with van der Waals surface area (Å²) < 4.78 is 48.5. The molecule has 1 aliphatic rings.